The summed E-state index contributed by atoms with van der Waals surface area (Å²) in [5.41, 5.74) is 0. The summed E-state index contributed by atoms with van der Waals surface area (Å²) < 4.78 is 0. The third-order valence-corrected chi connectivity index (χ3v) is 4.21. The Kier molecular flexibility index (Phi) is 11.9. The second-order valence-corrected chi connectivity index (χ2v) is 6.42. The summed E-state index contributed by atoms with van der Waals surface area (Å²) in [6.45, 7) is 3.97. The first kappa shape index (κ1) is 19.1. The van der Waals surface area contributed by atoms with Gasteiger partial charge in [-0.2, -0.15) is 11.8 Å². The number of rotatable bonds is 7. The van der Waals surface area contributed by atoms with Crippen molar-refractivity contribution in [2.75, 3.05) is 25.6 Å². The highest BCUT2D eigenvalue weighted by Gasteiger charge is 1.99. The van der Waals surface area contributed by atoms with Gasteiger partial charge in [-0.1, -0.05) is 0 Å². The van der Waals surface area contributed by atoms with Crippen LogP contribution in [0.3, 0.4) is 0 Å². The van der Waals surface area contributed by atoms with E-state index in [2.05, 4.69) is 40.9 Å². The lowest BCUT2D eigenvalue weighted by atomic mass is 10.3. The van der Waals surface area contributed by atoms with E-state index < -0.39 is 0 Å². The lowest BCUT2D eigenvalue weighted by molar-refractivity contribution is 0.734. The second kappa shape index (κ2) is 11.8. The minimum Gasteiger partial charge on any atom is -0.356 e. The van der Waals surface area contributed by atoms with Crippen molar-refractivity contribution >= 4 is 53.0 Å². The molecular weight excluding hydrogens is 389 g/mol. The first-order valence-corrected chi connectivity index (χ1v) is 8.46. The van der Waals surface area contributed by atoms with Gasteiger partial charge in [0.25, 0.3) is 0 Å². The van der Waals surface area contributed by atoms with Crippen LogP contribution in [0.4, 0.5) is 0 Å². The van der Waals surface area contributed by atoms with E-state index in [4.69, 9.17) is 0 Å². The van der Waals surface area contributed by atoms with E-state index in [1.807, 2.05) is 30.1 Å². The zero-order valence-corrected chi connectivity index (χ0v) is 15.8. The molecule has 0 amide bonds. The average molecular weight is 413 g/mol. The highest BCUT2D eigenvalue weighted by Crippen LogP contribution is 2.14. The molecule has 0 unspecified atom stereocenters. The van der Waals surface area contributed by atoms with Crippen LogP contribution in [-0.4, -0.2) is 31.6 Å². The van der Waals surface area contributed by atoms with Gasteiger partial charge in [-0.25, -0.2) is 0 Å². The number of thioether (sulfide) groups is 1. The van der Waals surface area contributed by atoms with Crippen LogP contribution >= 0.6 is 47.1 Å². The minimum atomic E-state index is 0. The van der Waals surface area contributed by atoms with Gasteiger partial charge in [0, 0.05) is 23.3 Å². The molecule has 1 rings (SSSR count). The van der Waals surface area contributed by atoms with Crippen LogP contribution in [0.1, 0.15) is 22.6 Å². The Hall–Kier alpha value is 0.0500. The molecule has 110 valence electrons. The lowest BCUT2D eigenvalue weighted by Crippen LogP contribution is -2.37. The quantitative estimate of drug-likeness (QED) is 0.311. The highest BCUT2D eigenvalue weighted by molar-refractivity contribution is 14.0. The molecule has 0 radical (unpaired) electrons. The first-order chi connectivity index (χ1) is 8.76. The van der Waals surface area contributed by atoms with Crippen molar-refractivity contribution in [3.63, 3.8) is 0 Å². The van der Waals surface area contributed by atoms with Crippen LogP contribution < -0.4 is 10.6 Å². The molecule has 0 aromatic carbocycles. The topological polar surface area (TPSA) is 36.4 Å². The third kappa shape index (κ3) is 8.75. The predicted molar refractivity (Wildman–Crippen MR) is 100 cm³/mol. The molecule has 1 heterocycles. The summed E-state index contributed by atoms with van der Waals surface area (Å²) in [6.07, 6.45) is 4.60. The molecule has 0 bridgehead atoms. The molecule has 0 saturated carbocycles. The molecule has 0 aliphatic rings. The Bertz CT molecular complexity index is 367. The molecule has 0 spiro atoms. The molecule has 0 aliphatic carbocycles. The van der Waals surface area contributed by atoms with Crippen molar-refractivity contribution in [1.29, 1.82) is 0 Å². The van der Waals surface area contributed by atoms with Crippen LogP contribution in [0.25, 0.3) is 0 Å². The fourth-order valence-corrected chi connectivity index (χ4v) is 2.87. The fourth-order valence-electron chi connectivity index (χ4n) is 1.55. The Balaban J connectivity index is 0.00000324. The highest BCUT2D eigenvalue weighted by atomic mass is 127. The van der Waals surface area contributed by atoms with E-state index in [0.29, 0.717) is 0 Å². The van der Waals surface area contributed by atoms with E-state index in [9.17, 15) is 0 Å². The van der Waals surface area contributed by atoms with Gasteiger partial charge in [-0.15, -0.1) is 35.3 Å². The van der Waals surface area contributed by atoms with E-state index in [1.165, 1.54) is 28.3 Å². The van der Waals surface area contributed by atoms with Crippen molar-refractivity contribution in [2.24, 2.45) is 4.99 Å². The van der Waals surface area contributed by atoms with Gasteiger partial charge in [0.05, 0.1) is 6.54 Å². The minimum absolute atomic E-state index is 0. The summed E-state index contributed by atoms with van der Waals surface area (Å²) in [5.74, 6) is 2.13. The zero-order valence-electron chi connectivity index (χ0n) is 11.9. The van der Waals surface area contributed by atoms with Crippen molar-refractivity contribution in [3.05, 3.63) is 21.9 Å². The maximum absolute atomic E-state index is 4.22. The number of halogens is 1. The van der Waals surface area contributed by atoms with Gasteiger partial charge in [0.1, 0.15) is 0 Å². The number of nitrogens with zero attached hydrogens (tertiary/aromatic N) is 1. The normalized spacial score (nSPS) is 11.0. The van der Waals surface area contributed by atoms with Crippen molar-refractivity contribution in [2.45, 2.75) is 26.3 Å². The molecule has 0 saturated heterocycles. The number of hydrogen-bond donors (Lipinski definition) is 2. The monoisotopic (exact) mass is 413 g/mol. The van der Waals surface area contributed by atoms with E-state index in [-0.39, 0.29) is 24.0 Å². The summed E-state index contributed by atoms with van der Waals surface area (Å²) in [4.78, 5) is 6.92. The van der Waals surface area contributed by atoms with E-state index in [0.717, 1.165) is 19.0 Å². The molecule has 3 nitrogen and oxygen atoms in total. The number of thiophene rings is 1. The molecule has 1 aromatic heterocycles. The van der Waals surface area contributed by atoms with Crippen molar-refractivity contribution < 1.29 is 0 Å². The smallest absolute Gasteiger partial charge is 0.191 e. The Morgan fingerprint density at radius 1 is 1.32 bits per heavy atom. The van der Waals surface area contributed by atoms with Gasteiger partial charge >= 0.3 is 0 Å². The van der Waals surface area contributed by atoms with E-state index >= 15 is 0 Å². The number of hydrogen-bond acceptors (Lipinski definition) is 3. The van der Waals surface area contributed by atoms with E-state index in [1.54, 1.807) is 0 Å². The van der Waals surface area contributed by atoms with Crippen LogP contribution in [0, 0.1) is 6.92 Å². The zero-order chi connectivity index (χ0) is 13.2. The van der Waals surface area contributed by atoms with Gasteiger partial charge < -0.3 is 10.6 Å². The number of aryl methyl sites for hydroxylation is 1. The number of nitrogens with one attached hydrogen (secondary N) is 2. The number of guanidine groups is 1. The standard InChI is InChI=1S/C13H23N3S2.HI/c1-11-6-7-12(18-11)10-16-13(14-2)15-8-4-5-9-17-3;/h6-7H,4-5,8-10H2,1-3H3,(H2,14,15,16);1H. The van der Waals surface area contributed by atoms with Crippen molar-refractivity contribution in [1.82, 2.24) is 10.6 Å². The van der Waals surface area contributed by atoms with Gasteiger partial charge in [-0.05, 0) is 43.9 Å². The fraction of sp³-hybridized carbons (Fsp3) is 0.615. The third-order valence-electron chi connectivity index (χ3n) is 2.52. The molecule has 19 heavy (non-hydrogen) atoms. The van der Waals surface area contributed by atoms with Crippen molar-refractivity contribution in [3.8, 4) is 0 Å². The lowest BCUT2D eigenvalue weighted by Gasteiger charge is -2.10. The maximum atomic E-state index is 4.22. The summed E-state index contributed by atoms with van der Waals surface area (Å²) in [6, 6.07) is 4.32. The largest absolute Gasteiger partial charge is 0.356 e. The molecule has 0 atom stereocenters. The second-order valence-electron chi connectivity index (χ2n) is 4.06. The Morgan fingerprint density at radius 2 is 2.11 bits per heavy atom. The number of unbranched alkanes of at least 4 members (excludes halogenated alkanes) is 1. The molecular formula is C13H24IN3S2. The van der Waals surface area contributed by atoms with Gasteiger partial charge in [0.15, 0.2) is 5.96 Å². The maximum Gasteiger partial charge on any atom is 0.191 e. The van der Waals surface area contributed by atoms with Crippen LogP contribution in [-0.2, 0) is 6.54 Å². The molecule has 2 N–H and O–H groups in total. The van der Waals surface area contributed by atoms with Gasteiger partial charge in [-0.3, -0.25) is 4.99 Å². The summed E-state index contributed by atoms with van der Waals surface area (Å²) in [7, 11) is 1.82. The molecule has 0 fully saturated rings. The number of aliphatic imine (C=N–C) groups is 1. The predicted octanol–water partition coefficient (Wildman–Crippen LogP) is 3.48. The van der Waals surface area contributed by atoms with Crippen LogP contribution in [0.15, 0.2) is 17.1 Å². The summed E-state index contributed by atoms with van der Waals surface area (Å²) in [5, 5.41) is 6.67. The molecule has 6 heteroatoms. The SMILES string of the molecule is CN=C(NCCCCSC)NCc1ccc(C)s1.I. The first-order valence-electron chi connectivity index (χ1n) is 6.25. The average Bonchev–Trinajstić information content (AvgIpc) is 2.78. The molecule has 1 aromatic rings. The van der Waals surface area contributed by atoms with Gasteiger partial charge in [0.2, 0.25) is 0 Å². The summed E-state index contributed by atoms with van der Waals surface area (Å²) >= 11 is 3.73. The Morgan fingerprint density at radius 3 is 2.68 bits per heavy atom. The Labute approximate surface area is 142 Å². The van der Waals surface area contributed by atoms with Crippen LogP contribution in [0.5, 0.6) is 0 Å². The molecule has 0 aliphatic heterocycles. The van der Waals surface area contributed by atoms with Crippen LogP contribution in [0.2, 0.25) is 0 Å².